The lowest BCUT2D eigenvalue weighted by molar-refractivity contribution is -0.121. The minimum absolute atomic E-state index is 0.0224. The summed E-state index contributed by atoms with van der Waals surface area (Å²) in [6.07, 6.45) is 6.32. The van der Waals surface area contributed by atoms with E-state index in [1.165, 1.54) is 12.8 Å². The monoisotopic (exact) mass is 417 g/mol. The Balaban J connectivity index is 1.64. The summed E-state index contributed by atoms with van der Waals surface area (Å²) in [5, 5.41) is 3.02. The largest absolute Gasteiger partial charge is 0.493 e. The maximum absolute atomic E-state index is 12.9. The SMILES string of the molecule is CCN(CC)C(=O)N1CCCC(C(=O)Nc2ccc(OC)c(OC3CCCC3)c2)C1. The Morgan fingerprint density at radius 2 is 1.83 bits per heavy atom. The second-order valence-corrected chi connectivity index (χ2v) is 8.12. The van der Waals surface area contributed by atoms with Crippen LogP contribution in [0.2, 0.25) is 0 Å². The molecule has 0 radical (unpaired) electrons. The molecular weight excluding hydrogens is 382 g/mol. The molecule has 1 aromatic rings. The summed E-state index contributed by atoms with van der Waals surface area (Å²) in [4.78, 5) is 29.2. The average molecular weight is 418 g/mol. The van der Waals surface area contributed by atoms with Gasteiger partial charge in [-0.05, 0) is 64.5 Å². The zero-order valence-corrected chi connectivity index (χ0v) is 18.5. The second kappa shape index (κ2) is 10.5. The number of benzene rings is 1. The van der Waals surface area contributed by atoms with Gasteiger partial charge in [-0.1, -0.05) is 0 Å². The fraction of sp³-hybridized carbons (Fsp3) is 0.652. The predicted octanol–water partition coefficient (Wildman–Crippen LogP) is 4.13. The molecule has 3 rings (SSSR count). The Kier molecular flexibility index (Phi) is 7.82. The number of urea groups is 1. The standard InChI is InChI=1S/C23H35N3O4/c1-4-25(5-2)23(28)26-14-8-9-17(16-26)22(27)24-18-12-13-20(29-3)21(15-18)30-19-10-6-7-11-19/h12-13,15,17,19H,4-11,14,16H2,1-3H3,(H,24,27). The normalized spacial score (nSPS) is 19.4. The van der Waals surface area contributed by atoms with E-state index in [4.69, 9.17) is 9.47 Å². The van der Waals surface area contributed by atoms with E-state index in [1.54, 1.807) is 12.0 Å². The first-order valence-corrected chi connectivity index (χ1v) is 11.2. The topological polar surface area (TPSA) is 71.1 Å². The highest BCUT2D eigenvalue weighted by Gasteiger charge is 2.30. The number of nitrogens with one attached hydrogen (secondary N) is 1. The van der Waals surface area contributed by atoms with Crippen LogP contribution in [-0.4, -0.2) is 61.1 Å². The van der Waals surface area contributed by atoms with E-state index in [0.29, 0.717) is 43.4 Å². The Morgan fingerprint density at radius 3 is 2.50 bits per heavy atom. The van der Waals surface area contributed by atoms with Crippen molar-refractivity contribution >= 4 is 17.6 Å². The second-order valence-electron chi connectivity index (χ2n) is 8.12. The van der Waals surface area contributed by atoms with Crippen molar-refractivity contribution in [3.05, 3.63) is 18.2 Å². The molecule has 1 atom stereocenters. The van der Waals surface area contributed by atoms with Crippen LogP contribution < -0.4 is 14.8 Å². The van der Waals surface area contributed by atoms with E-state index < -0.39 is 0 Å². The number of likely N-dealkylation sites (tertiary alicyclic amines) is 1. The molecule has 1 unspecified atom stereocenters. The van der Waals surface area contributed by atoms with Gasteiger partial charge in [0.25, 0.3) is 0 Å². The first kappa shape index (κ1) is 22.2. The maximum Gasteiger partial charge on any atom is 0.320 e. The molecule has 0 spiro atoms. The van der Waals surface area contributed by atoms with Gasteiger partial charge in [-0.15, -0.1) is 0 Å². The van der Waals surface area contributed by atoms with Gasteiger partial charge in [0.05, 0.1) is 19.1 Å². The van der Waals surface area contributed by atoms with Crippen molar-refractivity contribution in [2.75, 3.05) is 38.6 Å². The number of carbonyl (C=O) groups excluding carboxylic acids is 2. The number of ether oxygens (including phenoxy) is 2. The van der Waals surface area contributed by atoms with Gasteiger partial charge in [-0.2, -0.15) is 0 Å². The zero-order chi connectivity index (χ0) is 21.5. The van der Waals surface area contributed by atoms with Crippen LogP contribution >= 0.6 is 0 Å². The van der Waals surface area contributed by atoms with Crippen LogP contribution in [0.3, 0.4) is 0 Å². The lowest BCUT2D eigenvalue weighted by Gasteiger charge is -2.35. The summed E-state index contributed by atoms with van der Waals surface area (Å²) in [7, 11) is 1.62. The molecule has 1 heterocycles. The number of anilines is 1. The molecule has 1 aliphatic carbocycles. The van der Waals surface area contributed by atoms with Crippen molar-refractivity contribution in [1.29, 1.82) is 0 Å². The van der Waals surface area contributed by atoms with E-state index >= 15 is 0 Å². The summed E-state index contributed by atoms with van der Waals surface area (Å²) in [5.41, 5.74) is 0.695. The molecule has 1 aliphatic heterocycles. The number of rotatable bonds is 7. The number of carbonyl (C=O) groups is 2. The van der Waals surface area contributed by atoms with Gasteiger partial charge >= 0.3 is 6.03 Å². The highest BCUT2D eigenvalue weighted by molar-refractivity contribution is 5.93. The Labute approximate surface area is 179 Å². The summed E-state index contributed by atoms with van der Waals surface area (Å²) >= 11 is 0. The molecule has 2 fully saturated rings. The van der Waals surface area contributed by atoms with Crippen molar-refractivity contribution in [3.63, 3.8) is 0 Å². The fourth-order valence-corrected chi connectivity index (χ4v) is 4.34. The van der Waals surface area contributed by atoms with Gasteiger partial charge in [-0.25, -0.2) is 4.79 Å². The van der Waals surface area contributed by atoms with E-state index in [0.717, 1.165) is 25.7 Å². The number of nitrogens with zero attached hydrogens (tertiary/aromatic N) is 2. The highest BCUT2D eigenvalue weighted by Crippen LogP contribution is 2.34. The van der Waals surface area contributed by atoms with Gasteiger partial charge in [0.1, 0.15) is 0 Å². The van der Waals surface area contributed by atoms with Crippen LogP contribution in [-0.2, 0) is 4.79 Å². The number of amides is 3. The first-order chi connectivity index (χ1) is 14.5. The van der Waals surface area contributed by atoms with Crippen molar-refractivity contribution in [2.24, 2.45) is 5.92 Å². The third-order valence-electron chi connectivity index (χ3n) is 6.12. The molecular formula is C23H35N3O4. The predicted molar refractivity (Wildman–Crippen MR) is 117 cm³/mol. The van der Waals surface area contributed by atoms with Crippen LogP contribution in [0.4, 0.5) is 10.5 Å². The fourth-order valence-electron chi connectivity index (χ4n) is 4.34. The molecule has 7 nitrogen and oxygen atoms in total. The van der Waals surface area contributed by atoms with Crippen molar-refractivity contribution in [2.45, 2.75) is 58.5 Å². The molecule has 1 saturated carbocycles. The van der Waals surface area contributed by atoms with Crippen LogP contribution in [0.25, 0.3) is 0 Å². The summed E-state index contributed by atoms with van der Waals surface area (Å²) in [6, 6.07) is 5.53. The summed E-state index contributed by atoms with van der Waals surface area (Å²) < 4.78 is 11.6. The van der Waals surface area contributed by atoms with E-state index in [9.17, 15) is 9.59 Å². The first-order valence-electron chi connectivity index (χ1n) is 11.2. The molecule has 3 amide bonds. The third-order valence-corrected chi connectivity index (χ3v) is 6.12. The van der Waals surface area contributed by atoms with Crippen molar-refractivity contribution in [1.82, 2.24) is 9.80 Å². The lowest BCUT2D eigenvalue weighted by atomic mass is 9.97. The Hall–Kier alpha value is -2.44. The van der Waals surface area contributed by atoms with Gasteiger partial charge < -0.3 is 24.6 Å². The van der Waals surface area contributed by atoms with Crippen LogP contribution in [0.15, 0.2) is 18.2 Å². The molecule has 1 saturated heterocycles. The van der Waals surface area contributed by atoms with Crippen LogP contribution in [0.5, 0.6) is 11.5 Å². The van der Waals surface area contributed by atoms with Crippen LogP contribution in [0, 0.1) is 5.92 Å². The third kappa shape index (κ3) is 5.37. The van der Waals surface area contributed by atoms with E-state index in [1.807, 2.05) is 36.9 Å². The van der Waals surface area contributed by atoms with Gasteiger partial charge in [0.2, 0.25) is 5.91 Å². The van der Waals surface area contributed by atoms with Crippen molar-refractivity contribution in [3.8, 4) is 11.5 Å². The number of piperidine rings is 1. The minimum Gasteiger partial charge on any atom is -0.493 e. The van der Waals surface area contributed by atoms with E-state index in [-0.39, 0.29) is 24.0 Å². The lowest BCUT2D eigenvalue weighted by Crippen LogP contribution is -2.49. The minimum atomic E-state index is -0.209. The smallest absolute Gasteiger partial charge is 0.320 e. The van der Waals surface area contributed by atoms with Crippen LogP contribution in [0.1, 0.15) is 52.4 Å². The molecule has 2 aliphatic rings. The highest BCUT2D eigenvalue weighted by atomic mass is 16.5. The van der Waals surface area contributed by atoms with Gasteiger partial charge in [-0.3, -0.25) is 4.79 Å². The molecule has 0 aromatic heterocycles. The molecule has 1 N–H and O–H groups in total. The van der Waals surface area contributed by atoms with Gasteiger partial charge in [0.15, 0.2) is 11.5 Å². The Bertz CT molecular complexity index is 729. The number of hydrogen-bond donors (Lipinski definition) is 1. The van der Waals surface area contributed by atoms with Gasteiger partial charge in [0, 0.05) is 37.9 Å². The molecule has 30 heavy (non-hydrogen) atoms. The quantitative estimate of drug-likeness (QED) is 0.724. The van der Waals surface area contributed by atoms with E-state index in [2.05, 4.69) is 5.32 Å². The van der Waals surface area contributed by atoms with Crippen molar-refractivity contribution < 1.29 is 19.1 Å². The molecule has 166 valence electrons. The maximum atomic E-state index is 12.9. The number of methoxy groups -OCH3 is 1. The number of hydrogen-bond acceptors (Lipinski definition) is 4. The average Bonchev–Trinajstić information content (AvgIpc) is 3.28. The molecule has 0 bridgehead atoms. The Morgan fingerprint density at radius 1 is 1.10 bits per heavy atom. The molecule has 1 aromatic carbocycles. The summed E-state index contributed by atoms with van der Waals surface area (Å²) in [6.45, 7) is 6.48. The zero-order valence-electron chi connectivity index (χ0n) is 18.5. The summed E-state index contributed by atoms with van der Waals surface area (Å²) in [5.74, 6) is 1.08. The molecule has 7 heteroatoms.